The van der Waals surface area contributed by atoms with Crippen LogP contribution in [0.3, 0.4) is 0 Å². The average Bonchev–Trinajstić information content (AvgIpc) is 3.28. The lowest BCUT2D eigenvalue weighted by atomic mass is 9.88. The summed E-state index contributed by atoms with van der Waals surface area (Å²) in [5.74, 6) is 0.488. The lowest BCUT2D eigenvalue weighted by Crippen LogP contribution is -2.49. The minimum Gasteiger partial charge on any atom is -0.361 e. The van der Waals surface area contributed by atoms with E-state index in [0.717, 1.165) is 51.4 Å². The van der Waals surface area contributed by atoms with Crippen LogP contribution in [-0.2, 0) is 6.54 Å². The highest BCUT2D eigenvalue weighted by Gasteiger charge is 2.36. The predicted molar refractivity (Wildman–Crippen MR) is 119 cm³/mol. The second-order valence-electron chi connectivity index (χ2n) is 9.30. The van der Waals surface area contributed by atoms with E-state index in [1.54, 1.807) is 25.5 Å². The maximum atomic E-state index is 13.9. The SMILES string of the molecule is Cc1nn(Cc2c(C(=O)N(C3CCCCC3)C3CCCCC3)noc2C)c(C)c1[N+](=O)[O-]. The summed E-state index contributed by atoms with van der Waals surface area (Å²) in [5.41, 5.74) is 1.82. The molecule has 2 aliphatic carbocycles. The minimum absolute atomic E-state index is 0.0121. The molecule has 0 atom stereocenters. The number of hydrogen-bond acceptors (Lipinski definition) is 6. The van der Waals surface area contributed by atoms with E-state index in [9.17, 15) is 14.9 Å². The summed E-state index contributed by atoms with van der Waals surface area (Å²) in [6, 6.07) is 0.498. The first kappa shape index (κ1) is 22.5. The Morgan fingerprint density at radius 1 is 1.06 bits per heavy atom. The van der Waals surface area contributed by atoms with E-state index in [1.807, 2.05) is 0 Å². The summed E-state index contributed by atoms with van der Waals surface area (Å²) in [5, 5.41) is 19.9. The van der Waals surface area contributed by atoms with Crippen molar-refractivity contribution in [2.75, 3.05) is 0 Å². The molecule has 0 aromatic carbocycles. The molecule has 0 N–H and O–H groups in total. The Hall–Kier alpha value is -2.71. The van der Waals surface area contributed by atoms with E-state index in [0.29, 0.717) is 28.4 Å². The van der Waals surface area contributed by atoms with Crippen LogP contribution in [0.5, 0.6) is 0 Å². The van der Waals surface area contributed by atoms with Crippen molar-refractivity contribution < 1.29 is 14.2 Å². The van der Waals surface area contributed by atoms with Gasteiger partial charge in [-0.05, 0) is 46.5 Å². The minimum atomic E-state index is -0.408. The first-order valence-corrected chi connectivity index (χ1v) is 11.8. The van der Waals surface area contributed by atoms with Crippen molar-refractivity contribution in [1.29, 1.82) is 0 Å². The molecule has 32 heavy (non-hydrogen) atoms. The van der Waals surface area contributed by atoms with Crippen molar-refractivity contribution in [3.63, 3.8) is 0 Å². The third-order valence-corrected chi connectivity index (χ3v) is 7.19. The number of carbonyl (C=O) groups excluding carboxylic acids is 1. The summed E-state index contributed by atoms with van der Waals surface area (Å²) in [4.78, 5) is 27.0. The van der Waals surface area contributed by atoms with Gasteiger partial charge >= 0.3 is 5.69 Å². The van der Waals surface area contributed by atoms with Crippen molar-refractivity contribution >= 4 is 11.6 Å². The molecule has 174 valence electrons. The molecule has 2 aliphatic rings. The zero-order valence-corrected chi connectivity index (χ0v) is 19.3. The number of amides is 1. The van der Waals surface area contributed by atoms with E-state index in [-0.39, 0.29) is 30.2 Å². The normalized spacial score (nSPS) is 18.1. The van der Waals surface area contributed by atoms with Crippen molar-refractivity contribution in [1.82, 2.24) is 19.8 Å². The van der Waals surface area contributed by atoms with Crippen LogP contribution in [0.15, 0.2) is 4.52 Å². The maximum absolute atomic E-state index is 13.9. The Balaban J connectivity index is 1.66. The highest BCUT2D eigenvalue weighted by molar-refractivity contribution is 5.94. The molecule has 9 heteroatoms. The van der Waals surface area contributed by atoms with E-state index in [1.165, 1.54) is 12.8 Å². The monoisotopic (exact) mass is 443 g/mol. The molecular formula is C23H33N5O4. The summed E-state index contributed by atoms with van der Waals surface area (Å²) < 4.78 is 7.04. The van der Waals surface area contributed by atoms with Crippen LogP contribution >= 0.6 is 0 Å². The van der Waals surface area contributed by atoms with Crippen molar-refractivity contribution in [3.8, 4) is 0 Å². The Kier molecular flexibility index (Phi) is 6.62. The molecule has 0 spiro atoms. The second kappa shape index (κ2) is 9.42. The highest BCUT2D eigenvalue weighted by Crippen LogP contribution is 2.32. The van der Waals surface area contributed by atoms with Crippen LogP contribution in [0, 0.1) is 30.9 Å². The quantitative estimate of drug-likeness (QED) is 0.466. The van der Waals surface area contributed by atoms with Crippen LogP contribution < -0.4 is 0 Å². The molecule has 0 aliphatic heterocycles. The Morgan fingerprint density at radius 2 is 1.62 bits per heavy atom. The Morgan fingerprint density at radius 3 is 2.12 bits per heavy atom. The van der Waals surface area contributed by atoms with Gasteiger partial charge in [-0.25, -0.2) is 0 Å². The van der Waals surface area contributed by atoms with Crippen LogP contribution in [0.4, 0.5) is 5.69 Å². The summed E-state index contributed by atoms with van der Waals surface area (Å²) >= 11 is 0. The maximum Gasteiger partial charge on any atom is 0.312 e. The molecular weight excluding hydrogens is 410 g/mol. The number of hydrogen-bond donors (Lipinski definition) is 0. The highest BCUT2D eigenvalue weighted by atomic mass is 16.6. The van der Waals surface area contributed by atoms with Crippen molar-refractivity contribution in [3.05, 3.63) is 38.5 Å². The fourth-order valence-corrected chi connectivity index (χ4v) is 5.47. The number of aryl methyl sites for hydroxylation is 2. The lowest BCUT2D eigenvalue weighted by Gasteiger charge is -2.41. The summed E-state index contributed by atoms with van der Waals surface area (Å²) in [7, 11) is 0. The summed E-state index contributed by atoms with van der Waals surface area (Å²) in [6.45, 7) is 5.31. The molecule has 0 radical (unpaired) electrons. The van der Waals surface area contributed by atoms with Gasteiger partial charge in [0.15, 0.2) is 5.69 Å². The molecule has 4 rings (SSSR count). The van der Waals surface area contributed by atoms with Gasteiger partial charge in [-0.3, -0.25) is 19.6 Å². The van der Waals surface area contributed by atoms with Gasteiger partial charge < -0.3 is 9.42 Å². The van der Waals surface area contributed by atoms with Gasteiger partial charge in [0.05, 0.1) is 11.5 Å². The fraction of sp³-hybridized carbons (Fsp3) is 0.696. The summed E-state index contributed by atoms with van der Waals surface area (Å²) in [6.07, 6.45) is 11.2. The molecule has 2 aromatic rings. The van der Waals surface area contributed by atoms with Crippen LogP contribution in [-0.4, -0.2) is 42.8 Å². The molecule has 9 nitrogen and oxygen atoms in total. The van der Waals surface area contributed by atoms with Gasteiger partial charge in [-0.2, -0.15) is 5.10 Å². The van der Waals surface area contributed by atoms with Crippen LogP contribution in [0.25, 0.3) is 0 Å². The molecule has 0 bridgehead atoms. The van der Waals surface area contributed by atoms with Gasteiger partial charge in [-0.15, -0.1) is 0 Å². The van der Waals surface area contributed by atoms with Crippen molar-refractivity contribution in [2.45, 2.75) is 104 Å². The number of rotatable bonds is 6. The number of nitro groups is 1. The Labute approximate surface area is 188 Å². The van der Waals surface area contributed by atoms with Gasteiger partial charge in [-0.1, -0.05) is 43.7 Å². The molecule has 2 fully saturated rings. The zero-order chi connectivity index (χ0) is 22.8. The van der Waals surface area contributed by atoms with E-state index in [2.05, 4.69) is 15.2 Å². The average molecular weight is 444 g/mol. The lowest BCUT2D eigenvalue weighted by molar-refractivity contribution is -0.386. The third-order valence-electron chi connectivity index (χ3n) is 7.19. The van der Waals surface area contributed by atoms with E-state index in [4.69, 9.17) is 4.52 Å². The number of nitrogens with zero attached hydrogens (tertiary/aromatic N) is 5. The van der Waals surface area contributed by atoms with Gasteiger partial charge in [0.25, 0.3) is 5.91 Å². The molecule has 2 aromatic heterocycles. The topological polar surface area (TPSA) is 107 Å². The van der Waals surface area contributed by atoms with E-state index < -0.39 is 4.92 Å². The first-order valence-electron chi connectivity index (χ1n) is 11.8. The largest absolute Gasteiger partial charge is 0.361 e. The smallest absolute Gasteiger partial charge is 0.312 e. The number of aromatic nitrogens is 3. The predicted octanol–water partition coefficient (Wildman–Crippen LogP) is 4.86. The molecule has 2 heterocycles. The fourth-order valence-electron chi connectivity index (χ4n) is 5.47. The van der Waals surface area contributed by atoms with Gasteiger partial charge in [0.2, 0.25) is 0 Å². The van der Waals surface area contributed by atoms with Crippen LogP contribution in [0.1, 0.15) is 97.4 Å². The third kappa shape index (κ3) is 4.29. The van der Waals surface area contributed by atoms with Crippen LogP contribution in [0.2, 0.25) is 0 Å². The Bertz CT molecular complexity index is 965. The van der Waals surface area contributed by atoms with E-state index >= 15 is 0 Å². The standard InChI is InChI=1S/C23H33N5O4/c1-15-22(28(30)31)16(2)26(24-15)14-20-17(3)32-25-21(20)23(29)27(18-10-6-4-7-11-18)19-12-8-5-9-13-19/h18-19H,4-14H2,1-3H3. The molecule has 0 saturated heterocycles. The van der Waals surface area contributed by atoms with Gasteiger partial charge in [0, 0.05) is 17.6 Å². The van der Waals surface area contributed by atoms with Gasteiger partial charge in [0.1, 0.15) is 17.1 Å². The molecule has 1 amide bonds. The number of carbonyl (C=O) groups is 1. The second-order valence-corrected chi connectivity index (χ2v) is 9.30. The molecule has 2 saturated carbocycles. The zero-order valence-electron chi connectivity index (χ0n) is 19.3. The first-order chi connectivity index (χ1) is 15.4. The molecule has 0 unspecified atom stereocenters. The van der Waals surface area contributed by atoms with Crippen molar-refractivity contribution in [2.24, 2.45) is 0 Å².